The van der Waals surface area contributed by atoms with Crippen molar-refractivity contribution in [2.24, 2.45) is 0 Å². The fourth-order valence-electron chi connectivity index (χ4n) is 3.17. The van der Waals surface area contributed by atoms with Gasteiger partial charge in [0.15, 0.2) is 11.5 Å². The monoisotopic (exact) mass is 464 g/mol. The Bertz CT molecular complexity index is 1130. The Balaban J connectivity index is 2.49. The summed E-state index contributed by atoms with van der Waals surface area (Å²) < 4.78 is 41.4. The highest BCUT2D eigenvalue weighted by Gasteiger charge is 2.30. The summed E-state index contributed by atoms with van der Waals surface area (Å²) in [7, 11) is 0.225. The molecule has 0 saturated carbocycles. The summed E-state index contributed by atoms with van der Waals surface area (Å²) in [6.07, 6.45) is 1.03. The third-order valence-electron chi connectivity index (χ3n) is 5.02. The normalized spacial score (nSPS) is 12.0. The molecule has 0 fully saturated rings. The summed E-state index contributed by atoms with van der Waals surface area (Å²) in [5.41, 5.74) is 2.37. The van der Waals surface area contributed by atoms with E-state index >= 15 is 0 Å². The highest BCUT2D eigenvalue weighted by atomic mass is 32.2. The fourth-order valence-corrected chi connectivity index (χ4v) is 4.34. The third kappa shape index (κ3) is 5.31. The van der Waals surface area contributed by atoms with Gasteiger partial charge in [0.1, 0.15) is 6.04 Å². The van der Waals surface area contributed by atoms with Crippen LogP contribution in [0.3, 0.4) is 0 Å². The zero-order valence-electron chi connectivity index (χ0n) is 19.2. The number of benzene rings is 2. The lowest BCUT2D eigenvalue weighted by atomic mass is 10.1. The van der Waals surface area contributed by atoms with Crippen LogP contribution in [0.4, 0.5) is 11.4 Å². The first kappa shape index (κ1) is 25.0. The Morgan fingerprint density at radius 2 is 1.56 bits per heavy atom. The minimum absolute atomic E-state index is 0.0304. The lowest BCUT2D eigenvalue weighted by Gasteiger charge is -2.29. The lowest BCUT2D eigenvalue weighted by Crippen LogP contribution is -2.45. The van der Waals surface area contributed by atoms with E-state index in [-0.39, 0.29) is 22.7 Å². The first-order valence-corrected chi connectivity index (χ1v) is 11.5. The second-order valence-corrected chi connectivity index (χ2v) is 9.10. The van der Waals surface area contributed by atoms with Crippen LogP contribution in [0, 0.1) is 13.8 Å². The van der Waals surface area contributed by atoms with Gasteiger partial charge in [-0.2, -0.15) is 0 Å². The average molecular weight is 465 g/mol. The molecule has 0 aliphatic heterocycles. The van der Waals surface area contributed by atoms with Crippen LogP contribution >= 0.6 is 0 Å². The van der Waals surface area contributed by atoms with E-state index in [0.717, 1.165) is 21.7 Å². The van der Waals surface area contributed by atoms with Crippen molar-refractivity contribution in [3.05, 3.63) is 47.0 Å². The average Bonchev–Trinajstić information content (AvgIpc) is 2.74. The van der Waals surface area contributed by atoms with Gasteiger partial charge < -0.3 is 19.5 Å². The molecule has 174 valence electrons. The molecular formula is C22H28N2O7S. The van der Waals surface area contributed by atoms with Crippen molar-refractivity contribution in [3.8, 4) is 11.5 Å². The molecule has 2 aromatic rings. The molecule has 0 aliphatic rings. The standard InChI is InChI=1S/C22H28N2O7S/c1-13-8-9-16(10-14(13)2)24(32(7,27)28)15(3)21(25)23-18-12-20(30-5)19(29-4)11-17(18)22(26)31-6/h8-12,15H,1-7H3,(H,23,25)/t15-/m0/s1. The molecule has 9 nitrogen and oxygen atoms in total. The van der Waals surface area contributed by atoms with Crippen LogP contribution in [0.2, 0.25) is 0 Å². The van der Waals surface area contributed by atoms with Gasteiger partial charge in [0, 0.05) is 12.1 Å². The highest BCUT2D eigenvalue weighted by Crippen LogP contribution is 2.34. The van der Waals surface area contributed by atoms with Crippen LogP contribution in [0.1, 0.15) is 28.4 Å². The molecule has 0 spiro atoms. The number of nitrogens with zero attached hydrogens (tertiary/aromatic N) is 1. The van der Waals surface area contributed by atoms with Gasteiger partial charge in [-0.1, -0.05) is 6.07 Å². The van der Waals surface area contributed by atoms with Gasteiger partial charge in [-0.05, 0) is 44.0 Å². The van der Waals surface area contributed by atoms with Crippen LogP contribution in [0.25, 0.3) is 0 Å². The first-order valence-electron chi connectivity index (χ1n) is 9.66. The summed E-state index contributed by atoms with van der Waals surface area (Å²) in [4.78, 5) is 25.4. The number of sulfonamides is 1. The molecule has 10 heteroatoms. The molecule has 1 amide bonds. The Morgan fingerprint density at radius 3 is 2.06 bits per heavy atom. The van der Waals surface area contributed by atoms with Crippen LogP contribution in [-0.4, -0.2) is 53.9 Å². The first-order chi connectivity index (χ1) is 14.9. The van der Waals surface area contributed by atoms with Crippen molar-refractivity contribution in [3.63, 3.8) is 0 Å². The van der Waals surface area contributed by atoms with E-state index < -0.39 is 27.9 Å². The molecule has 1 N–H and O–H groups in total. The largest absolute Gasteiger partial charge is 0.493 e. The summed E-state index contributed by atoms with van der Waals surface area (Å²) >= 11 is 0. The molecule has 0 aliphatic carbocycles. The number of nitrogens with one attached hydrogen (secondary N) is 1. The second kappa shape index (κ2) is 9.90. The topological polar surface area (TPSA) is 111 Å². The molecule has 2 aromatic carbocycles. The van der Waals surface area contributed by atoms with Crippen LogP contribution in [-0.2, 0) is 19.6 Å². The predicted molar refractivity (Wildman–Crippen MR) is 122 cm³/mol. The van der Waals surface area contributed by atoms with E-state index in [2.05, 4.69) is 5.32 Å². The van der Waals surface area contributed by atoms with E-state index in [0.29, 0.717) is 5.69 Å². The van der Waals surface area contributed by atoms with E-state index in [9.17, 15) is 18.0 Å². The Hall–Kier alpha value is -3.27. The molecule has 0 aromatic heterocycles. The van der Waals surface area contributed by atoms with Gasteiger partial charge in [0.2, 0.25) is 15.9 Å². The summed E-state index contributed by atoms with van der Waals surface area (Å²) in [6, 6.07) is 6.81. The zero-order valence-corrected chi connectivity index (χ0v) is 20.0. The molecule has 2 rings (SSSR count). The maximum Gasteiger partial charge on any atom is 0.340 e. The maximum absolute atomic E-state index is 13.1. The number of methoxy groups -OCH3 is 3. The van der Waals surface area contributed by atoms with Crippen LogP contribution in [0.15, 0.2) is 30.3 Å². The number of carbonyl (C=O) groups is 2. The smallest absolute Gasteiger partial charge is 0.340 e. The van der Waals surface area contributed by atoms with Gasteiger partial charge in [0.25, 0.3) is 0 Å². The number of aryl methyl sites for hydroxylation is 2. The van der Waals surface area contributed by atoms with Crippen molar-refractivity contribution in [2.75, 3.05) is 37.2 Å². The van der Waals surface area contributed by atoms with Crippen molar-refractivity contribution in [1.82, 2.24) is 0 Å². The van der Waals surface area contributed by atoms with E-state index in [1.54, 1.807) is 18.2 Å². The molecule has 0 heterocycles. The number of esters is 1. The highest BCUT2D eigenvalue weighted by molar-refractivity contribution is 7.92. The Kier molecular flexibility index (Phi) is 7.73. The Morgan fingerprint density at radius 1 is 0.969 bits per heavy atom. The van der Waals surface area contributed by atoms with Crippen molar-refractivity contribution in [2.45, 2.75) is 26.8 Å². The fraction of sp³-hybridized carbons (Fsp3) is 0.364. The summed E-state index contributed by atoms with van der Waals surface area (Å²) in [6.45, 7) is 5.23. The van der Waals surface area contributed by atoms with Crippen LogP contribution in [0.5, 0.6) is 11.5 Å². The van der Waals surface area contributed by atoms with Gasteiger partial charge in [-0.25, -0.2) is 13.2 Å². The number of anilines is 2. The number of amides is 1. The van der Waals surface area contributed by atoms with E-state index in [4.69, 9.17) is 14.2 Å². The summed E-state index contributed by atoms with van der Waals surface area (Å²) in [5, 5.41) is 2.62. The van der Waals surface area contributed by atoms with Crippen molar-refractivity contribution >= 4 is 33.3 Å². The Labute approximate surface area is 188 Å². The number of hydrogen-bond acceptors (Lipinski definition) is 7. The minimum Gasteiger partial charge on any atom is -0.493 e. The van der Waals surface area contributed by atoms with Crippen LogP contribution < -0.4 is 19.1 Å². The summed E-state index contributed by atoms with van der Waals surface area (Å²) in [5.74, 6) is -0.807. The van der Waals surface area contributed by atoms with E-state index in [1.165, 1.54) is 40.4 Å². The molecule has 1 atom stereocenters. The van der Waals surface area contributed by atoms with E-state index in [1.807, 2.05) is 13.8 Å². The quantitative estimate of drug-likeness (QED) is 0.598. The number of hydrogen-bond donors (Lipinski definition) is 1. The molecule has 0 radical (unpaired) electrons. The third-order valence-corrected chi connectivity index (χ3v) is 6.26. The van der Waals surface area contributed by atoms with Gasteiger partial charge in [-0.15, -0.1) is 0 Å². The van der Waals surface area contributed by atoms with Crippen molar-refractivity contribution in [1.29, 1.82) is 0 Å². The zero-order chi connectivity index (χ0) is 24.2. The number of rotatable bonds is 8. The molecule has 0 saturated heterocycles. The SMILES string of the molecule is COC(=O)c1cc(OC)c(OC)cc1NC(=O)[C@H](C)N(c1ccc(C)c(C)c1)S(C)(=O)=O. The molecule has 32 heavy (non-hydrogen) atoms. The lowest BCUT2D eigenvalue weighted by molar-refractivity contribution is -0.116. The van der Waals surface area contributed by atoms with Crippen molar-refractivity contribution < 1.29 is 32.2 Å². The minimum atomic E-state index is -3.80. The number of carbonyl (C=O) groups excluding carboxylic acids is 2. The van der Waals surface area contributed by atoms with Gasteiger partial charge in [0.05, 0.1) is 44.5 Å². The molecular weight excluding hydrogens is 436 g/mol. The van der Waals surface area contributed by atoms with Gasteiger partial charge in [-0.3, -0.25) is 9.10 Å². The number of ether oxygens (including phenoxy) is 3. The second-order valence-electron chi connectivity index (χ2n) is 7.24. The maximum atomic E-state index is 13.1. The van der Waals surface area contributed by atoms with Gasteiger partial charge >= 0.3 is 5.97 Å². The predicted octanol–water partition coefficient (Wildman–Crippen LogP) is 2.90. The molecule has 0 bridgehead atoms. The molecule has 0 unspecified atom stereocenters.